The molecule has 1 aromatic carbocycles. The molecular weight excluding hydrogens is 348 g/mol. The van der Waals surface area contributed by atoms with Crippen LogP contribution in [0.25, 0.3) is 0 Å². The fourth-order valence-electron chi connectivity index (χ4n) is 4.23. The number of nitro groups is 1. The van der Waals surface area contributed by atoms with Crippen molar-refractivity contribution in [3.8, 4) is 0 Å². The molecule has 0 amide bonds. The molecule has 1 aromatic rings. The van der Waals surface area contributed by atoms with E-state index in [9.17, 15) is 14.9 Å². The quantitative estimate of drug-likeness (QED) is 0.371. The van der Waals surface area contributed by atoms with E-state index in [2.05, 4.69) is 11.9 Å². The van der Waals surface area contributed by atoms with E-state index in [4.69, 9.17) is 9.47 Å². The number of rotatable bonds is 4. The van der Waals surface area contributed by atoms with Crippen LogP contribution in [0.5, 0.6) is 0 Å². The van der Waals surface area contributed by atoms with Gasteiger partial charge in [0, 0.05) is 34.7 Å². The van der Waals surface area contributed by atoms with Gasteiger partial charge in [-0.25, -0.2) is 4.79 Å². The minimum absolute atomic E-state index is 0.00454. The van der Waals surface area contributed by atoms with E-state index >= 15 is 0 Å². The molecule has 144 valence electrons. The second-order valence-electron chi connectivity index (χ2n) is 7.60. The zero-order valence-corrected chi connectivity index (χ0v) is 15.9. The van der Waals surface area contributed by atoms with Crippen LogP contribution in [0.1, 0.15) is 39.7 Å². The smallest absolute Gasteiger partial charge is 0.336 e. The minimum Gasteiger partial charge on any atom is -0.460 e. The van der Waals surface area contributed by atoms with Gasteiger partial charge in [-0.1, -0.05) is 27.4 Å². The lowest BCUT2D eigenvalue weighted by Crippen LogP contribution is -2.64. The van der Waals surface area contributed by atoms with Gasteiger partial charge in [-0.2, -0.15) is 0 Å². The Kier molecular flexibility index (Phi) is 4.49. The van der Waals surface area contributed by atoms with Crippen molar-refractivity contribution in [2.75, 3.05) is 5.32 Å². The number of nitrogens with one attached hydrogen (secondary N) is 1. The minimum atomic E-state index is -0.905. The van der Waals surface area contributed by atoms with Crippen molar-refractivity contribution in [1.82, 2.24) is 0 Å². The van der Waals surface area contributed by atoms with E-state index in [1.807, 2.05) is 26.8 Å². The van der Waals surface area contributed by atoms with Gasteiger partial charge in [0.2, 0.25) is 0 Å². The van der Waals surface area contributed by atoms with Gasteiger partial charge in [0.1, 0.15) is 5.54 Å². The third-order valence-electron chi connectivity index (χ3n) is 5.74. The highest BCUT2D eigenvalue weighted by Crippen LogP contribution is 2.56. The number of nitrogens with zero attached hydrogens (tertiary/aromatic N) is 1. The molecule has 1 spiro atoms. The molecule has 7 heteroatoms. The number of hydrogen-bond donors (Lipinski definition) is 1. The first-order valence-electron chi connectivity index (χ1n) is 8.91. The predicted molar refractivity (Wildman–Crippen MR) is 101 cm³/mol. The Morgan fingerprint density at radius 1 is 1.44 bits per heavy atom. The molecule has 2 aliphatic heterocycles. The van der Waals surface area contributed by atoms with Gasteiger partial charge < -0.3 is 14.8 Å². The molecule has 3 rings (SSSR count). The first-order valence-corrected chi connectivity index (χ1v) is 8.91. The highest BCUT2D eigenvalue weighted by atomic mass is 16.7. The number of carbonyl (C=O) groups is 1. The molecule has 3 atom stereocenters. The molecule has 0 saturated heterocycles. The van der Waals surface area contributed by atoms with Gasteiger partial charge >= 0.3 is 5.97 Å². The van der Waals surface area contributed by atoms with Crippen LogP contribution in [0.15, 0.2) is 42.7 Å². The normalized spacial score (nSPS) is 27.4. The molecule has 1 N–H and O–H groups in total. The van der Waals surface area contributed by atoms with Crippen molar-refractivity contribution >= 4 is 17.3 Å². The summed E-state index contributed by atoms with van der Waals surface area (Å²) in [4.78, 5) is 23.0. The van der Waals surface area contributed by atoms with Crippen molar-refractivity contribution in [2.45, 2.75) is 51.4 Å². The lowest BCUT2D eigenvalue weighted by Gasteiger charge is -2.50. The molecule has 0 radical (unpaired) electrons. The Morgan fingerprint density at radius 2 is 2.15 bits per heavy atom. The third-order valence-corrected chi connectivity index (χ3v) is 5.74. The lowest BCUT2D eigenvalue weighted by atomic mass is 9.62. The maximum atomic E-state index is 12.2. The second kappa shape index (κ2) is 6.40. The zero-order chi connectivity index (χ0) is 20.0. The number of non-ortho nitro benzene ring substituents is 1. The Hall–Kier alpha value is -2.83. The van der Waals surface area contributed by atoms with Crippen LogP contribution in [-0.4, -0.2) is 22.7 Å². The summed E-state index contributed by atoms with van der Waals surface area (Å²) in [6, 6.07) is 4.78. The number of carbonyl (C=O) groups excluding carboxylic acids is 1. The Labute approximate surface area is 158 Å². The number of benzene rings is 1. The molecule has 0 saturated carbocycles. The molecule has 0 aliphatic carbocycles. The summed E-state index contributed by atoms with van der Waals surface area (Å²) in [5.74, 6) is -0.556. The van der Waals surface area contributed by atoms with E-state index in [0.29, 0.717) is 5.69 Å². The maximum absolute atomic E-state index is 12.2. The van der Waals surface area contributed by atoms with E-state index < -0.39 is 28.1 Å². The summed E-state index contributed by atoms with van der Waals surface area (Å²) in [6.45, 7) is 11.3. The highest BCUT2D eigenvalue weighted by Gasteiger charge is 2.63. The number of hydrogen-bond acceptors (Lipinski definition) is 6. The zero-order valence-electron chi connectivity index (χ0n) is 15.9. The first-order chi connectivity index (χ1) is 12.6. The van der Waals surface area contributed by atoms with Crippen LogP contribution in [-0.2, 0) is 19.7 Å². The number of nitro benzene ring substituents is 1. The molecule has 7 nitrogen and oxygen atoms in total. The summed E-state index contributed by atoms with van der Waals surface area (Å²) in [7, 11) is 0. The SMILES string of the molecule is C=C(C)C(=O)OC1OC=CC(CC)C12Nc1cc([N+](=O)[O-])ccc1C2(C)C. The molecule has 0 bridgehead atoms. The van der Waals surface area contributed by atoms with Crippen molar-refractivity contribution in [1.29, 1.82) is 0 Å². The van der Waals surface area contributed by atoms with Gasteiger partial charge in [0.05, 0.1) is 11.2 Å². The summed E-state index contributed by atoms with van der Waals surface area (Å²) in [5.41, 5.74) is 0.525. The maximum Gasteiger partial charge on any atom is 0.336 e. The van der Waals surface area contributed by atoms with Gasteiger partial charge in [-0.3, -0.25) is 10.1 Å². The van der Waals surface area contributed by atoms with Gasteiger partial charge in [0.25, 0.3) is 12.0 Å². The number of fused-ring (bicyclic) bond motifs is 1. The summed E-state index contributed by atoms with van der Waals surface area (Å²) in [5, 5.41) is 14.6. The molecule has 3 unspecified atom stereocenters. The van der Waals surface area contributed by atoms with Crippen molar-refractivity contribution < 1.29 is 19.2 Å². The van der Waals surface area contributed by atoms with Crippen LogP contribution in [0, 0.1) is 16.0 Å². The summed E-state index contributed by atoms with van der Waals surface area (Å²) in [6.07, 6.45) is 3.37. The number of anilines is 1. The van der Waals surface area contributed by atoms with Gasteiger partial charge in [0.15, 0.2) is 0 Å². The van der Waals surface area contributed by atoms with Crippen LogP contribution >= 0.6 is 0 Å². The van der Waals surface area contributed by atoms with Crippen molar-refractivity contribution in [3.05, 3.63) is 58.4 Å². The molecule has 27 heavy (non-hydrogen) atoms. The van der Waals surface area contributed by atoms with Crippen LogP contribution in [0.2, 0.25) is 0 Å². The lowest BCUT2D eigenvalue weighted by molar-refractivity contribution is -0.384. The number of ether oxygens (including phenoxy) is 2. The standard InChI is InChI=1S/C20H24N2O5/c1-6-13-9-10-26-18(27-17(23)12(2)3)20(13)19(4,5)15-8-7-14(22(24)25)11-16(15)21-20/h7-11,13,18,21H,2,6H2,1,3-5H3. The van der Waals surface area contributed by atoms with E-state index in [-0.39, 0.29) is 17.2 Å². The Bertz CT molecular complexity index is 845. The summed E-state index contributed by atoms with van der Waals surface area (Å²) < 4.78 is 11.4. The van der Waals surface area contributed by atoms with Crippen molar-refractivity contribution in [3.63, 3.8) is 0 Å². The van der Waals surface area contributed by atoms with Crippen LogP contribution in [0.4, 0.5) is 11.4 Å². The van der Waals surface area contributed by atoms with E-state index in [1.54, 1.807) is 19.3 Å². The van der Waals surface area contributed by atoms with Crippen molar-refractivity contribution in [2.24, 2.45) is 5.92 Å². The largest absolute Gasteiger partial charge is 0.460 e. The Morgan fingerprint density at radius 3 is 2.74 bits per heavy atom. The van der Waals surface area contributed by atoms with Crippen LogP contribution in [0.3, 0.4) is 0 Å². The topological polar surface area (TPSA) is 90.7 Å². The summed E-state index contributed by atoms with van der Waals surface area (Å²) >= 11 is 0. The third kappa shape index (κ3) is 2.69. The van der Waals surface area contributed by atoms with Gasteiger partial charge in [-0.05, 0) is 31.1 Å². The molecule has 2 aliphatic rings. The second-order valence-corrected chi connectivity index (χ2v) is 7.60. The average Bonchev–Trinajstić information content (AvgIpc) is 2.84. The first kappa shape index (κ1) is 18.9. The monoisotopic (exact) mass is 372 g/mol. The Balaban J connectivity index is 2.13. The highest BCUT2D eigenvalue weighted by molar-refractivity contribution is 5.87. The molecule has 0 fully saturated rings. The van der Waals surface area contributed by atoms with Crippen LogP contribution < -0.4 is 5.32 Å². The predicted octanol–water partition coefficient (Wildman–Crippen LogP) is 4.05. The van der Waals surface area contributed by atoms with E-state index in [0.717, 1.165) is 12.0 Å². The fourth-order valence-corrected chi connectivity index (χ4v) is 4.23. The van der Waals surface area contributed by atoms with Gasteiger partial charge in [-0.15, -0.1) is 0 Å². The number of esters is 1. The van der Waals surface area contributed by atoms with E-state index in [1.165, 1.54) is 12.1 Å². The fraction of sp³-hybridized carbons (Fsp3) is 0.450. The average molecular weight is 372 g/mol. The molecule has 2 heterocycles. The molecular formula is C20H24N2O5. The molecule has 0 aromatic heterocycles.